The summed E-state index contributed by atoms with van der Waals surface area (Å²) in [6, 6.07) is 0. The second-order valence-corrected chi connectivity index (χ2v) is 12.9. The summed E-state index contributed by atoms with van der Waals surface area (Å²) in [4.78, 5) is 30.8. The number of aliphatic hydroxyl groups excluding tert-OH is 2. The van der Waals surface area contributed by atoms with E-state index in [0.717, 1.165) is 22.7 Å². The van der Waals surface area contributed by atoms with E-state index in [9.17, 15) is 19.8 Å². The minimum absolute atomic E-state index is 0.0939. The molecule has 1 aromatic heterocycles. The summed E-state index contributed by atoms with van der Waals surface area (Å²) in [6.07, 6.45) is 4.52. The first kappa shape index (κ1) is 30.4. The Balaban J connectivity index is 2.44. The summed E-state index contributed by atoms with van der Waals surface area (Å²) < 4.78 is 5.95. The van der Waals surface area contributed by atoms with Crippen molar-refractivity contribution in [2.24, 2.45) is 28.6 Å². The number of ketones is 1. The average Bonchev–Trinajstić information content (AvgIpc) is 3.20. The highest BCUT2D eigenvalue weighted by atomic mass is 32.1. The number of aryl methyl sites for hydroxylation is 1. The second-order valence-electron chi connectivity index (χ2n) is 11.9. The van der Waals surface area contributed by atoms with Gasteiger partial charge in [-0.15, -0.1) is 11.3 Å². The molecule has 1 aliphatic rings. The molecule has 6 atom stereocenters. The van der Waals surface area contributed by atoms with Gasteiger partial charge in [0.05, 0.1) is 34.7 Å². The van der Waals surface area contributed by atoms with Crippen molar-refractivity contribution in [2.75, 3.05) is 0 Å². The van der Waals surface area contributed by atoms with Gasteiger partial charge in [0.2, 0.25) is 0 Å². The molecule has 7 heteroatoms. The molecule has 0 fully saturated rings. The molecule has 0 aromatic carbocycles. The van der Waals surface area contributed by atoms with Crippen molar-refractivity contribution in [1.82, 2.24) is 4.98 Å². The fraction of sp³-hybridized carbons (Fsp3) is 0.690. The average molecular weight is 520 g/mol. The van der Waals surface area contributed by atoms with Crippen molar-refractivity contribution in [2.45, 2.75) is 99.9 Å². The molecule has 0 unspecified atom stereocenters. The molecule has 2 heterocycles. The van der Waals surface area contributed by atoms with Crippen LogP contribution in [0.2, 0.25) is 0 Å². The lowest BCUT2D eigenvalue weighted by Crippen LogP contribution is -2.45. The maximum Gasteiger partial charge on any atom is 0.309 e. The number of ether oxygens (including phenoxy) is 1. The predicted octanol–water partition coefficient (Wildman–Crippen LogP) is 5.76. The minimum atomic E-state index is -1.23. The lowest BCUT2D eigenvalue weighted by Gasteiger charge is -2.36. The van der Waals surface area contributed by atoms with E-state index in [1.54, 1.807) is 32.1 Å². The van der Waals surface area contributed by atoms with Gasteiger partial charge >= 0.3 is 5.97 Å². The molecule has 0 amide bonds. The van der Waals surface area contributed by atoms with Gasteiger partial charge in [0.25, 0.3) is 0 Å². The molecule has 202 valence electrons. The van der Waals surface area contributed by atoms with Gasteiger partial charge in [0, 0.05) is 17.2 Å². The Kier molecular flexibility index (Phi) is 10.3. The quantitative estimate of drug-likeness (QED) is 0.381. The van der Waals surface area contributed by atoms with Gasteiger partial charge in [0.15, 0.2) is 0 Å². The molecule has 0 aliphatic carbocycles. The summed E-state index contributed by atoms with van der Waals surface area (Å²) in [5, 5.41) is 24.7. The molecule has 36 heavy (non-hydrogen) atoms. The van der Waals surface area contributed by atoms with Gasteiger partial charge in [-0.1, -0.05) is 60.6 Å². The minimum Gasteiger partial charge on any atom is -0.458 e. The molecule has 1 aromatic rings. The number of aromatic nitrogens is 1. The van der Waals surface area contributed by atoms with Crippen molar-refractivity contribution in [3.8, 4) is 0 Å². The van der Waals surface area contributed by atoms with Crippen molar-refractivity contribution in [1.29, 1.82) is 0 Å². The molecule has 6 nitrogen and oxygen atoms in total. The Morgan fingerprint density at radius 3 is 2.39 bits per heavy atom. The van der Waals surface area contributed by atoms with E-state index in [1.807, 2.05) is 38.3 Å². The maximum absolute atomic E-state index is 13.2. The largest absolute Gasteiger partial charge is 0.458 e. The zero-order valence-corrected chi connectivity index (χ0v) is 24.2. The van der Waals surface area contributed by atoms with Crippen LogP contribution in [0.1, 0.15) is 85.4 Å². The highest BCUT2D eigenvalue weighted by Gasteiger charge is 2.42. The number of allylic oxidation sites excluding steroid dienone is 1. The third kappa shape index (κ3) is 7.59. The number of thiazole rings is 1. The second kappa shape index (κ2) is 12.1. The van der Waals surface area contributed by atoms with E-state index >= 15 is 0 Å². The van der Waals surface area contributed by atoms with Gasteiger partial charge in [-0.05, 0) is 49.7 Å². The smallest absolute Gasteiger partial charge is 0.309 e. The van der Waals surface area contributed by atoms with Gasteiger partial charge < -0.3 is 14.9 Å². The van der Waals surface area contributed by atoms with Crippen LogP contribution in [0.25, 0.3) is 6.08 Å². The molecule has 2 N–H and O–H groups in total. The van der Waals surface area contributed by atoms with Crippen LogP contribution in [0.15, 0.2) is 23.1 Å². The van der Waals surface area contributed by atoms with Crippen molar-refractivity contribution in [3.05, 3.63) is 33.8 Å². The number of aliphatic hydroxyl groups is 2. The lowest BCUT2D eigenvalue weighted by molar-refractivity contribution is -0.155. The Labute approximate surface area is 220 Å². The molecule has 2 rings (SSSR count). The molecule has 1 aliphatic heterocycles. The van der Waals surface area contributed by atoms with Crippen molar-refractivity contribution < 1.29 is 24.5 Å². The fourth-order valence-electron chi connectivity index (χ4n) is 4.62. The highest BCUT2D eigenvalue weighted by molar-refractivity contribution is 7.09. The monoisotopic (exact) mass is 519 g/mol. The SMILES string of the molecule is C/C(=C\c1csc(C)n1)[C@@H]1C[C@H](C)C(C)(C)C/C=C/[C@H](C)[C@H](O)[C@@H](C)C(=O)C(C)(C)[C@@H](O)CC(=O)O1. The Morgan fingerprint density at radius 2 is 1.81 bits per heavy atom. The van der Waals surface area contributed by atoms with Crippen LogP contribution in [0.3, 0.4) is 0 Å². The first-order valence-corrected chi connectivity index (χ1v) is 13.8. The maximum atomic E-state index is 13.2. The normalized spacial score (nSPS) is 33.7. The summed E-state index contributed by atoms with van der Waals surface area (Å²) in [5.74, 6) is -1.53. The summed E-state index contributed by atoms with van der Waals surface area (Å²) in [6.45, 7) is 17.3. The van der Waals surface area contributed by atoms with E-state index in [1.165, 1.54) is 0 Å². The number of esters is 1. The summed E-state index contributed by atoms with van der Waals surface area (Å²) in [7, 11) is 0. The number of cyclic esters (lactones) is 1. The third-order valence-electron chi connectivity index (χ3n) is 8.07. The number of hydrogen-bond acceptors (Lipinski definition) is 7. The number of carbonyl (C=O) groups excluding carboxylic acids is 2. The Hall–Kier alpha value is -1.83. The molecule has 0 spiro atoms. The van der Waals surface area contributed by atoms with Gasteiger partial charge in [0.1, 0.15) is 11.9 Å². The molecule has 0 saturated carbocycles. The molecule has 0 bridgehead atoms. The highest BCUT2D eigenvalue weighted by Crippen LogP contribution is 2.37. The zero-order valence-electron chi connectivity index (χ0n) is 23.4. The van der Waals surface area contributed by atoms with Crippen LogP contribution in [-0.2, 0) is 14.3 Å². The van der Waals surface area contributed by atoms with Gasteiger partial charge in [-0.25, -0.2) is 4.98 Å². The van der Waals surface area contributed by atoms with E-state index in [0.29, 0.717) is 6.42 Å². The van der Waals surface area contributed by atoms with Crippen molar-refractivity contribution >= 4 is 29.2 Å². The van der Waals surface area contributed by atoms with E-state index < -0.39 is 35.6 Å². The van der Waals surface area contributed by atoms with Crippen LogP contribution < -0.4 is 0 Å². The van der Waals surface area contributed by atoms with Gasteiger partial charge in [-0.3, -0.25) is 9.59 Å². The summed E-state index contributed by atoms with van der Waals surface area (Å²) >= 11 is 1.57. The summed E-state index contributed by atoms with van der Waals surface area (Å²) in [5.41, 5.74) is 0.418. The number of nitrogens with zero attached hydrogens (tertiary/aromatic N) is 1. The lowest BCUT2D eigenvalue weighted by atomic mass is 9.72. The molecule has 0 radical (unpaired) electrons. The van der Waals surface area contributed by atoms with Crippen LogP contribution >= 0.6 is 11.3 Å². The van der Waals surface area contributed by atoms with Crippen molar-refractivity contribution in [3.63, 3.8) is 0 Å². The number of Topliss-reactive ketones (excluding diaryl/α,β-unsaturated/α-hetero) is 1. The first-order chi connectivity index (χ1) is 16.6. The molecular weight excluding hydrogens is 474 g/mol. The Morgan fingerprint density at radius 1 is 1.17 bits per heavy atom. The third-order valence-corrected chi connectivity index (χ3v) is 8.86. The van der Waals surface area contributed by atoms with Crippen LogP contribution in [0.4, 0.5) is 0 Å². The van der Waals surface area contributed by atoms with Crippen LogP contribution in [0, 0.1) is 35.5 Å². The van der Waals surface area contributed by atoms with Crippen LogP contribution in [-0.4, -0.2) is 45.3 Å². The molecular formula is C29H45NO5S. The zero-order chi connectivity index (χ0) is 27.4. The topological polar surface area (TPSA) is 96.7 Å². The predicted molar refractivity (Wildman–Crippen MR) is 145 cm³/mol. The first-order valence-electron chi connectivity index (χ1n) is 12.9. The fourth-order valence-corrected chi connectivity index (χ4v) is 5.19. The van der Waals surface area contributed by atoms with E-state index in [-0.39, 0.29) is 29.5 Å². The molecule has 0 saturated heterocycles. The number of hydrogen-bond donors (Lipinski definition) is 2. The number of carbonyl (C=O) groups is 2. The van der Waals surface area contributed by atoms with E-state index in [2.05, 4.69) is 31.8 Å². The van der Waals surface area contributed by atoms with Crippen LogP contribution in [0.5, 0.6) is 0 Å². The number of rotatable bonds is 2. The van der Waals surface area contributed by atoms with E-state index in [4.69, 9.17) is 4.74 Å². The Bertz CT molecular complexity index is 976. The van der Waals surface area contributed by atoms with Gasteiger partial charge in [-0.2, -0.15) is 0 Å². The standard InChI is InChI=1S/C29H45NO5S/c1-17-11-10-12-28(6,7)19(3)14-23(18(2)13-22-16-36-21(5)30-22)35-25(32)15-24(31)29(8,9)27(34)20(4)26(17)33/h10-11,13,16-17,19-20,23-24,26,31,33H,12,14-15H2,1-9H3/b11-10+,18-13+/t17-,19-,20+,23-,24-,26-/m0/s1.